The third-order valence-electron chi connectivity index (χ3n) is 7.36. The minimum atomic E-state index is -0.297. The first kappa shape index (κ1) is 21.0. The predicted octanol–water partition coefficient (Wildman–Crippen LogP) is 4.11. The van der Waals surface area contributed by atoms with Crippen molar-refractivity contribution in [3.05, 3.63) is 81.8 Å². The summed E-state index contributed by atoms with van der Waals surface area (Å²) < 4.78 is 5.83. The molecular weight excluding hydrogens is 428 g/mol. The summed E-state index contributed by atoms with van der Waals surface area (Å²) in [5.74, 6) is 0.746. The van der Waals surface area contributed by atoms with Gasteiger partial charge in [0.2, 0.25) is 5.95 Å². The van der Waals surface area contributed by atoms with Crippen LogP contribution in [0.1, 0.15) is 47.9 Å². The molecule has 7 heteroatoms. The summed E-state index contributed by atoms with van der Waals surface area (Å²) in [5, 5.41) is 0. The van der Waals surface area contributed by atoms with Crippen molar-refractivity contribution in [3.8, 4) is 11.1 Å². The average molecular weight is 457 g/mol. The van der Waals surface area contributed by atoms with Gasteiger partial charge in [-0.05, 0) is 41.5 Å². The zero-order chi connectivity index (χ0) is 23.1. The smallest absolute Gasteiger partial charge is 0.409 e. The van der Waals surface area contributed by atoms with Gasteiger partial charge in [0.05, 0.1) is 5.69 Å². The molecule has 2 aliphatic heterocycles. The SMILES string of the molecule is O=C(OCC1c2ccccc2-c2ccccc21)N1CCC(c2cc(=O)[nH]c(N3CCCC3)n2)C1. The number of amides is 1. The molecule has 1 unspecified atom stereocenters. The maximum absolute atomic E-state index is 13.0. The van der Waals surface area contributed by atoms with E-state index in [0.717, 1.165) is 38.0 Å². The zero-order valence-corrected chi connectivity index (χ0v) is 19.1. The van der Waals surface area contributed by atoms with Gasteiger partial charge in [0, 0.05) is 44.1 Å². The quantitative estimate of drug-likeness (QED) is 0.639. The van der Waals surface area contributed by atoms with Crippen molar-refractivity contribution in [3.63, 3.8) is 0 Å². The fourth-order valence-corrected chi connectivity index (χ4v) is 5.60. The molecule has 6 rings (SSSR count). The van der Waals surface area contributed by atoms with Gasteiger partial charge < -0.3 is 14.5 Å². The summed E-state index contributed by atoms with van der Waals surface area (Å²) in [5.41, 5.74) is 5.48. The Bertz CT molecular complexity index is 1240. The van der Waals surface area contributed by atoms with E-state index in [1.54, 1.807) is 11.0 Å². The average Bonchev–Trinajstić information content (AvgIpc) is 3.62. The number of nitrogens with zero attached hydrogens (tertiary/aromatic N) is 3. The van der Waals surface area contributed by atoms with E-state index in [9.17, 15) is 9.59 Å². The van der Waals surface area contributed by atoms with Gasteiger partial charge >= 0.3 is 6.09 Å². The second-order valence-corrected chi connectivity index (χ2v) is 9.42. The lowest BCUT2D eigenvalue weighted by Gasteiger charge is -2.20. The van der Waals surface area contributed by atoms with Crippen LogP contribution < -0.4 is 10.5 Å². The van der Waals surface area contributed by atoms with E-state index in [1.165, 1.54) is 22.3 Å². The van der Waals surface area contributed by atoms with Crippen LogP contribution in [0.2, 0.25) is 0 Å². The number of carbonyl (C=O) groups is 1. The summed E-state index contributed by atoms with van der Waals surface area (Å²) in [6, 6.07) is 18.2. The first-order valence-corrected chi connectivity index (χ1v) is 12.1. The van der Waals surface area contributed by atoms with Gasteiger partial charge in [-0.15, -0.1) is 0 Å². The lowest BCUT2D eigenvalue weighted by Crippen LogP contribution is -2.30. The first-order chi connectivity index (χ1) is 16.7. The number of rotatable bonds is 4. The van der Waals surface area contributed by atoms with Crippen molar-refractivity contribution in [2.75, 3.05) is 37.7 Å². The number of aromatic amines is 1. The van der Waals surface area contributed by atoms with Crippen molar-refractivity contribution < 1.29 is 9.53 Å². The van der Waals surface area contributed by atoms with Crippen LogP contribution in [0.4, 0.5) is 10.7 Å². The van der Waals surface area contributed by atoms with Crippen LogP contribution in [0.5, 0.6) is 0 Å². The monoisotopic (exact) mass is 456 g/mol. The molecule has 2 aromatic carbocycles. The summed E-state index contributed by atoms with van der Waals surface area (Å²) in [4.78, 5) is 36.7. The van der Waals surface area contributed by atoms with E-state index in [1.807, 2.05) is 24.3 Å². The van der Waals surface area contributed by atoms with Crippen molar-refractivity contribution in [1.82, 2.24) is 14.9 Å². The Labute approximate surface area is 198 Å². The lowest BCUT2D eigenvalue weighted by molar-refractivity contribution is 0.107. The van der Waals surface area contributed by atoms with Crippen molar-refractivity contribution in [2.24, 2.45) is 0 Å². The third-order valence-corrected chi connectivity index (χ3v) is 7.36. The number of hydrogen-bond acceptors (Lipinski definition) is 5. The molecule has 3 heterocycles. The Morgan fingerprint density at radius 1 is 1.00 bits per heavy atom. The fraction of sp³-hybridized carbons (Fsp3) is 0.370. The van der Waals surface area contributed by atoms with E-state index in [0.29, 0.717) is 25.6 Å². The predicted molar refractivity (Wildman–Crippen MR) is 130 cm³/mol. The molecule has 0 radical (unpaired) electrons. The summed E-state index contributed by atoms with van der Waals surface area (Å²) in [6.07, 6.45) is 2.72. The Hall–Kier alpha value is -3.61. The Morgan fingerprint density at radius 3 is 2.38 bits per heavy atom. The highest BCUT2D eigenvalue weighted by atomic mass is 16.6. The number of anilines is 1. The summed E-state index contributed by atoms with van der Waals surface area (Å²) >= 11 is 0. The van der Waals surface area contributed by atoms with Crippen LogP contribution in [-0.2, 0) is 4.74 Å². The number of nitrogens with one attached hydrogen (secondary N) is 1. The van der Waals surface area contributed by atoms with Crippen LogP contribution in [0.25, 0.3) is 11.1 Å². The van der Waals surface area contributed by atoms with Crippen LogP contribution in [0, 0.1) is 0 Å². The molecular formula is C27H28N4O3. The number of benzene rings is 2. The normalized spacial score (nSPS) is 19.4. The molecule has 3 aromatic rings. The van der Waals surface area contributed by atoms with Crippen molar-refractivity contribution in [1.29, 1.82) is 0 Å². The maximum Gasteiger partial charge on any atom is 0.409 e. The first-order valence-electron chi connectivity index (χ1n) is 12.1. The second-order valence-electron chi connectivity index (χ2n) is 9.42. The van der Waals surface area contributed by atoms with Crippen molar-refractivity contribution >= 4 is 12.0 Å². The third kappa shape index (κ3) is 3.75. The van der Waals surface area contributed by atoms with Crippen LogP contribution >= 0.6 is 0 Å². The van der Waals surface area contributed by atoms with E-state index in [-0.39, 0.29) is 23.5 Å². The van der Waals surface area contributed by atoms with E-state index >= 15 is 0 Å². The molecule has 7 nitrogen and oxygen atoms in total. The molecule has 3 aliphatic rings. The molecule has 0 saturated carbocycles. The van der Waals surface area contributed by atoms with Crippen LogP contribution in [0.15, 0.2) is 59.4 Å². The number of hydrogen-bond donors (Lipinski definition) is 1. The number of ether oxygens (including phenoxy) is 1. The molecule has 34 heavy (non-hydrogen) atoms. The molecule has 0 spiro atoms. The van der Waals surface area contributed by atoms with Crippen molar-refractivity contribution in [2.45, 2.75) is 31.1 Å². The Morgan fingerprint density at radius 2 is 1.68 bits per heavy atom. The van der Waals surface area contributed by atoms with Gasteiger partial charge in [0.15, 0.2) is 0 Å². The number of likely N-dealkylation sites (tertiary alicyclic amines) is 1. The minimum Gasteiger partial charge on any atom is -0.448 e. The molecule has 174 valence electrons. The van der Waals surface area contributed by atoms with Gasteiger partial charge in [0.1, 0.15) is 6.61 Å². The van der Waals surface area contributed by atoms with E-state index in [4.69, 9.17) is 9.72 Å². The topological polar surface area (TPSA) is 78.5 Å². The Balaban J connectivity index is 1.13. The van der Waals surface area contributed by atoms with Gasteiger partial charge in [-0.25, -0.2) is 9.78 Å². The minimum absolute atomic E-state index is 0.0455. The van der Waals surface area contributed by atoms with Gasteiger partial charge in [-0.1, -0.05) is 48.5 Å². The number of fused-ring (bicyclic) bond motifs is 3. The molecule has 2 fully saturated rings. The fourth-order valence-electron chi connectivity index (χ4n) is 5.60. The lowest BCUT2D eigenvalue weighted by atomic mass is 9.98. The molecule has 1 atom stereocenters. The summed E-state index contributed by atoms with van der Waals surface area (Å²) in [6.45, 7) is 3.28. The van der Waals surface area contributed by atoms with Gasteiger partial charge in [-0.3, -0.25) is 9.78 Å². The Kier molecular flexibility index (Phi) is 5.32. The molecule has 1 N–H and O–H groups in total. The van der Waals surface area contributed by atoms with Gasteiger partial charge in [-0.2, -0.15) is 0 Å². The largest absolute Gasteiger partial charge is 0.448 e. The number of H-pyrrole nitrogens is 1. The molecule has 1 amide bonds. The second kappa shape index (κ2) is 8.63. The molecule has 1 aromatic heterocycles. The highest BCUT2D eigenvalue weighted by molar-refractivity contribution is 5.79. The summed E-state index contributed by atoms with van der Waals surface area (Å²) in [7, 11) is 0. The molecule has 0 bridgehead atoms. The molecule has 2 saturated heterocycles. The highest BCUT2D eigenvalue weighted by Gasteiger charge is 2.33. The van der Waals surface area contributed by atoms with Gasteiger partial charge in [0.25, 0.3) is 5.56 Å². The standard InChI is InChI=1S/C27H28N4O3/c32-25-15-24(28-26(29-25)30-12-5-6-13-30)18-11-14-31(16-18)27(33)34-17-23-21-9-3-1-7-19(21)20-8-2-4-10-22(20)23/h1-4,7-10,15,18,23H,5-6,11-14,16-17H2,(H,28,29,32). The zero-order valence-electron chi connectivity index (χ0n) is 19.1. The van der Waals surface area contributed by atoms with Crippen LogP contribution in [-0.4, -0.2) is 53.7 Å². The number of aromatic nitrogens is 2. The van der Waals surface area contributed by atoms with E-state index in [2.05, 4.69) is 34.1 Å². The number of carbonyl (C=O) groups excluding carboxylic acids is 1. The molecule has 1 aliphatic carbocycles. The van der Waals surface area contributed by atoms with E-state index < -0.39 is 0 Å². The van der Waals surface area contributed by atoms with Crippen LogP contribution in [0.3, 0.4) is 0 Å². The highest BCUT2D eigenvalue weighted by Crippen LogP contribution is 2.44. The maximum atomic E-state index is 13.0.